The number of rotatable bonds is 8. The van der Waals surface area contributed by atoms with Crippen molar-refractivity contribution in [1.29, 1.82) is 0 Å². The largest absolute Gasteiger partial charge is 0.488 e. The number of hydrogen-bond acceptors (Lipinski definition) is 4. The summed E-state index contributed by atoms with van der Waals surface area (Å²) in [7, 11) is 1.63. The normalized spacial score (nSPS) is 11.3. The molecule has 0 atom stereocenters. The zero-order valence-electron chi connectivity index (χ0n) is 14.3. The Labute approximate surface area is 133 Å². The van der Waals surface area contributed by atoms with Gasteiger partial charge in [-0.05, 0) is 39.3 Å². The highest BCUT2D eigenvalue weighted by Crippen LogP contribution is 2.24. The molecule has 0 spiro atoms. The summed E-state index contributed by atoms with van der Waals surface area (Å²) < 4.78 is 10.9. The molecule has 0 saturated carbocycles. The van der Waals surface area contributed by atoms with Gasteiger partial charge in [0, 0.05) is 25.8 Å². The molecule has 0 fully saturated rings. The monoisotopic (exact) mass is 308 g/mol. The molecule has 22 heavy (non-hydrogen) atoms. The van der Waals surface area contributed by atoms with Crippen LogP contribution in [0.15, 0.2) is 18.2 Å². The Kier molecular flexibility index (Phi) is 7.35. The van der Waals surface area contributed by atoms with Gasteiger partial charge in [0.1, 0.15) is 11.4 Å². The lowest BCUT2D eigenvalue weighted by Crippen LogP contribution is -2.35. The van der Waals surface area contributed by atoms with Crippen LogP contribution < -0.4 is 15.4 Å². The summed E-state index contributed by atoms with van der Waals surface area (Å²) in [5.41, 5.74) is 1.84. The van der Waals surface area contributed by atoms with Crippen LogP contribution in [0.2, 0.25) is 0 Å². The van der Waals surface area contributed by atoms with Crippen molar-refractivity contribution in [3.8, 4) is 5.75 Å². The Morgan fingerprint density at radius 2 is 2.00 bits per heavy atom. The Morgan fingerprint density at radius 1 is 1.27 bits per heavy atom. The number of methoxy groups -OCH3 is 1. The van der Waals surface area contributed by atoms with Crippen molar-refractivity contribution in [1.82, 2.24) is 10.6 Å². The molecular formula is C17H28N2O3. The number of aryl methyl sites for hydroxylation is 1. The van der Waals surface area contributed by atoms with Crippen LogP contribution in [0.5, 0.6) is 5.75 Å². The van der Waals surface area contributed by atoms with E-state index in [0.717, 1.165) is 16.9 Å². The van der Waals surface area contributed by atoms with Crippen LogP contribution in [-0.4, -0.2) is 38.3 Å². The second kappa shape index (κ2) is 8.76. The molecule has 0 saturated heterocycles. The van der Waals surface area contributed by atoms with Crippen molar-refractivity contribution in [2.45, 2.75) is 39.8 Å². The summed E-state index contributed by atoms with van der Waals surface area (Å²) >= 11 is 0. The first-order chi connectivity index (χ1) is 10.3. The van der Waals surface area contributed by atoms with Crippen LogP contribution in [0.3, 0.4) is 0 Å². The number of benzene rings is 1. The highest BCUT2D eigenvalue weighted by atomic mass is 16.5. The van der Waals surface area contributed by atoms with Crippen molar-refractivity contribution < 1.29 is 14.3 Å². The van der Waals surface area contributed by atoms with E-state index in [1.165, 1.54) is 0 Å². The van der Waals surface area contributed by atoms with Crippen molar-refractivity contribution in [2.75, 3.05) is 26.8 Å². The smallest absolute Gasteiger partial charge is 0.234 e. The molecule has 0 bridgehead atoms. The van der Waals surface area contributed by atoms with Crippen molar-refractivity contribution in [3.63, 3.8) is 0 Å². The fourth-order valence-electron chi connectivity index (χ4n) is 1.87. The molecule has 5 nitrogen and oxygen atoms in total. The van der Waals surface area contributed by atoms with E-state index >= 15 is 0 Å². The van der Waals surface area contributed by atoms with Crippen molar-refractivity contribution in [2.24, 2.45) is 0 Å². The lowest BCUT2D eigenvalue weighted by Gasteiger charge is -2.23. The molecular weight excluding hydrogens is 280 g/mol. The molecule has 0 aliphatic carbocycles. The van der Waals surface area contributed by atoms with E-state index in [1.807, 2.05) is 45.9 Å². The summed E-state index contributed by atoms with van der Waals surface area (Å²) in [5.74, 6) is 0.776. The summed E-state index contributed by atoms with van der Waals surface area (Å²) in [6.45, 7) is 10.0. The van der Waals surface area contributed by atoms with Crippen LogP contribution in [-0.2, 0) is 16.1 Å². The first-order valence-corrected chi connectivity index (χ1v) is 7.57. The topological polar surface area (TPSA) is 59.6 Å². The fourth-order valence-corrected chi connectivity index (χ4v) is 1.87. The first kappa shape index (κ1) is 18.5. The zero-order valence-corrected chi connectivity index (χ0v) is 14.3. The second-order valence-electron chi connectivity index (χ2n) is 6.27. The highest BCUT2D eigenvalue weighted by molar-refractivity contribution is 5.78. The molecule has 1 aromatic carbocycles. The zero-order chi connectivity index (χ0) is 16.6. The number of amides is 1. The highest BCUT2D eigenvalue weighted by Gasteiger charge is 2.15. The molecule has 0 aliphatic rings. The maximum atomic E-state index is 11.8. The van der Waals surface area contributed by atoms with E-state index in [-0.39, 0.29) is 18.1 Å². The summed E-state index contributed by atoms with van der Waals surface area (Å²) in [6.07, 6.45) is 0. The average Bonchev–Trinajstić information content (AvgIpc) is 2.41. The lowest BCUT2D eigenvalue weighted by atomic mass is 10.1. The maximum absolute atomic E-state index is 11.8. The molecule has 1 amide bonds. The van der Waals surface area contributed by atoms with Crippen molar-refractivity contribution >= 4 is 5.91 Å². The Hall–Kier alpha value is -1.59. The molecule has 0 heterocycles. The Morgan fingerprint density at radius 3 is 2.64 bits per heavy atom. The molecule has 5 heteroatoms. The fraction of sp³-hybridized carbons (Fsp3) is 0.588. The third kappa shape index (κ3) is 7.43. The summed E-state index contributed by atoms with van der Waals surface area (Å²) in [6, 6.07) is 6.02. The predicted molar refractivity (Wildman–Crippen MR) is 88.2 cm³/mol. The molecule has 0 aliphatic heterocycles. The number of ether oxygens (including phenoxy) is 2. The standard InChI is InChI=1S/C17H28N2O3/c1-13-6-7-14(15(10-13)22-17(2,3)4)11-19-16(20)12-18-8-9-21-5/h6-7,10,18H,8-9,11-12H2,1-5H3,(H,19,20). The third-order valence-electron chi connectivity index (χ3n) is 2.88. The van der Waals surface area contributed by atoms with Gasteiger partial charge in [-0.25, -0.2) is 0 Å². The number of nitrogens with one attached hydrogen (secondary N) is 2. The molecule has 0 aromatic heterocycles. The van der Waals surface area contributed by atoms with Gasteiger partial charge in [0.2, 0.25) is 5.91 Å². The van der Waals surface area contributed by atoms with E-state index < -0.39 is 0 Å². The molecule has 1 rings (SSSR count). The minimum absolute atomic E-state index is 0.0432. The quantitative estimate of drug-likeness (QED) is 0.721. The van der Waals surface area contributed by atoms with Crippen molar-refractivity contribution in [3.05, 3.63) is 29.3 Å². The van der Waals surface area contributed by atoms with Gasteiger partial charge in [0.15, 0.2) is 0 Å². The van der Waals surface area contributed by atoms with Gasteiger partial charge >= 0.3 is 0 Å². The van der Waals surface area contributed by atoms with Crippen LogP contribution in [0.25, 0.3) is 0 Å². The van der Waals surface area contributed by atoms with Crippen LogP contribution in [0.4, 0.5) is 0 Å². The number of carbonyl (C=O) groups is 1. The van der Waals surface area contributed by atoms with Gasteiger partial charge in [-0.3, -0.25) is 4.79 Å². The predicted octanol–water partition coefficient (Wildman–Crippen LogP) is 2.02. The van der Waals surface area contributed by atoms with Gasteiger partial charge < -0.3 is 20.1 Å². The van der Waals surface area contributed by atoms with Gasteiger partial charge in [-0.15, -0.1) is 0 Å². The first-order valence-electron chi connectivity index (χ1n) is 7.57. The average molecular weight is 308 g/mol. The number of carbonyl (C=O) groups excluding carboxylic acids is 1. The molecule has 1 aromatic rings. The Balaban J connectivity index is 2.56. The van der Waals surface area contributed by atoms with Gasteiger partial charge in [0.25, 0.3) is 0 Å². The summed E-state index contributed by atoms with van der Waals surface area (Å²) in [5, 5.41) is 5.92. The molecule has 2 N–H and O–H groups in total. The lowest BCUT2D eigenvalue weighted by molar-refractivity contribution is -0.120. The van der Waals surface area contributed by atoms with Crippen LogP contribution in [0, 0.1) is 6.92 Å². The van der Waals surface area contributed by atoms with Gasteiger partial charge in [0.05, 0.1) is 13.2 Å². The van der Waals surface area contributed by atoms with E-state index in [0.29, 0.717) is 19.7 Å². The van der Waals surface area contributed by atoms with Gasteiger partial charge in [-0.1, -0.05) is 12.1 Å². The number of hydrogen-bond donors (Lipinski definition) is 2. The van der Waals surface area contributed by atoms with E-state index in [1.54, 1.807) is 7.11 Å². The summed E-state index contributed by atoms with van der Waals surface area (Å²) in [4.78, 5) is 11.8. The minimum Gasteiger partial charge on any atom is -0.488 e. The minimum atomic E-state index is -0.270. The SMILES string of the molecule is COCCNCC(=O)NCc1ccc(C)cc1OC(C)(C)C. The van der Waals surface area contributed by atoms with E-state index in [4.69, 9.17) is 9.47 Å². The van der Waals surface area contributed by atoms with E-state index in [9.17, 15) is 4.79 Å². The molecule has 0 unspecified atom stereocenters. The molecule has 124 valence electrons. The van der Waals surface area contributed by atoms with Crippen LogP contribution in [0.1, 0.15) is 31.9 Å². The molecule has 0 radical (unpaired) electrons. The maximum Gasteiger partial charge on any atom is 0.234 e. The second-order valence-corrected chi connectivity index (χ2v) is 6.27. The van der Waals surface area contributed by atoms with Gasteiger partial charge in [-0.2, -0.15) is 0 Å². The van der Waals surface area contributed by atoms with Crippen LogP contribution >= 0.6 is 0 Å². The Bertz CT molecular complexity index is 481. The van der Waals surface area contributed by atoms with E-state index in [2.05, 4.69) is 10.6 Å². The third-order valence-corrected chi connectivity index (χ3v) is 2.88.